The molecule has 2 nitrogen and oxygen atoms in total. The number of carbonyl (C=O) groups excluding carboxylic acids is 1. The molecular formula is C22H18O2. The van der Waals surface area contributed by atoms with Crippen LogP contribution in [-0.2, 0) is 4.79 Å². The highest BCUT2D eigenvalue weighted by Gasteiger charge is 2.09. The molecule has 3 rings (SSSR count). The molecule has 3 aromatic rings. The van der Waals surface area contributed by atoms with Crippen LogP contribution in [-0.4, -0.2) is 5.97 Å². The van der Waals surface area contributed by atoms with E-state index in [9.17, 15) is 4.79 Å². The van der Waals surface area contributed by atoms with Gasteiger partial charge in [0.15, 0.2) is 0 Å². The van der Waals surface area contributed by atoms with Gasteiger partial charge >= 0.3 is 5.97 Å². The first kappa shape index (κ1) is 15.8. The van der Waals surface area contributed by atoms with Gasteiger partial charge in [-0.1, -0.05) is 73.3 Å². The third-order valence-electron chi connectivity index (χ3n) is 3.72. The molecule has 0 saturated heterocycles. The maximum Gasteiger partial charge on any atom is 0.338 e. The highest BCUT2D eigenvalue weighted by molar-refractivity contribution is 5.89. The van der Waals surface area contributed by atoms with Gasteiger partial charge in [0, 0.05) is 5.57 Å². The minimum Gasteiger partial charge on any atom is -0.423 e. The van der Waals surface area contributed by atoms with Gasteiger partial charge in [0.25, 0.3) is 0 Å². The van der Waals surface area contributed by atoms with Gasteiger partial charge in [0.2, 0.25) is 0 Å². The van der Waals surface area contributed by atoms with Gasteiger partial charge in [-0.25, -0.2) is 4.79 Å². The molecule has 0 N–H and O–H groups in total. The van der Waals surface area contributed by atoms with Crippen LogP contribution in [0.25, 0.3) is 22.3 Å². The number of hydrogen-bond donors (Lipinski definition) is 0. The van der Waals surface area contributed by atoms with Crippen LogP contribution in [0.5, 0.6) is 5.75 Å². The lowest BCUT2D eigenvalue weighted by Crippen LogP contribution is -2.08. The highest BCUT2D eigenvalue weighted by Crippen LogP contribution is 2.33. The molecule has 0 fully saturated rings. The summed E-state index contributed by atoms with van der Waals surface area (Å²) >= 11 is 0. The quantitative estimate of drug-likeness (QED) is 0.361. The topological polar surface area (TPSA) is 26.3 Å². The second kappa shape index (κ2) is 6.97. The maximum absolute atomic E-state index is 11.7. The fourth-order valence-electron chi connectivity index (χ4n) is 2.53. The van der Waals surface area contributed by atoms with Gasteiger partial charge in [-0.2, -0.15) is 0 Å². The minimum atomic E-state index is -0.413. The molecule has 118 valence electrons. The Morgan fingerprint density at radius 1 is 0.792 bits per heavy atom. The van der Waals surface area contributed by atoms with Crippen LogP contribution in [0.1, 0.15) is 6.92 Å². The van der Waals surface area contributed by atoms with E-state index in [1.807, 2.05) is 48.5 Å². The first-order chi connectivity index (χ1) is 11.6. The number of hydrogen-bond acceptors (Lipinski definition) is 2. The van der Waals surface area contributed by atoms with Crippen LogP contribution in [0.15, 0.2) is 91.0 Å². The third-order valence-corrected chi connectivity index (χ3v) is 3.72. The predicted molar refractivity (Wildman–Crippen MR) is 97.8 cm³/mol. The van der Waals surface area contributed by atoms with Gasteiger partial charge < -0.3 is 4.74 Å². The molecule has 0 amide bonds. The van der Waals surface area contributed by atoms with E-state index in [-0.39, 0.29) is 0 Å². The van der Waals surface area contributed by atoms with Crippen LogP contribution in [0.2, 0.25) is 0 Å². The Kier molecular flexibility index (Phi) is 4.57. The smallest absolute Gasteiger partial charge is 0.338 e. The van der Waals surface area contributed by atoms with Crippen LogP contribution in [0, 0.1) is 0 Å². The van der Waals surface area contributed by atoms with Crippen LogP contribution in [0.4, 0.5) is 0 Å². The van der Waals surface area contributed by atoms with Crippen molar-refractivity contribution in [3.63, 3.8) is 0 Å². The molecule has 0 radical (unpaired) electrons. The molecule has 0 heterocycles. The average Bonchev–Trinajstić information content (AvgIpc) is 2.62. The first-order valence-electron chi connectivity index (χ1n) is 7.78. The Morgan fingerprint density at radius 3 is 2.04 bits per heavy atom. The largest absolute Gasteiger partial charge is 0.423 e. The summed E-state index contributed by atoms with van der Waals surface area (Å²) in [7, 11) is 0. The Hall–Kier alpha value is -3.13. The summed E-state index contributed by atoms with van der Waals surface area (Å²) in [6, 6.07) is 26.0. The summed E-state index contributed by atoms with van der Waals surface area (Å²) < 4.78 is 5.35. The van der Waals surface area contributed by atoms with Crippen LogP contribution >= 0.6 is 0 Å². The lowest BCUT2D eigenvalue weighted by molar-refractivity contribution is -0.130. The number of esters is 1. The van der Waals surface area contributed by atoms with Gasteiger partial charge in [0.1, 0.15) is 5.75 Å². The maximum atomic E-state index is 11.7. The molecule has 2 heteroatoms. The minimum absolute atomic E-state index is 0.380. The van der Waals surface area contributed by atoms with E-state index < -0.39 is 5.97 Å². The van der Waals surface area contributed by atoms with Gasteiger partial charge in [-0.15, -0.1) is 0 Å². The van der Waals surface area contributed by atoms with Crippen LogP contribution in [0.3, 0.4) is 0 Å². The first-order valence-corrected chi connectivity index (χ1v) is 7.78. The third kappa shape index (κ3) is 3.44. The Balaban J connectivity index is 2.01. The molecule has 0 spiro atoms. The Morgan fingerprint density at radius 2 is 1.38 bits per heavy atom. The molecule has 0 atom stereocenters. The molecular weight excluding hydrogens is 296 g/mol. The van der Waals surface area contributed by atoms with Gasteiger partial charge in [-0.3, -0.25) is 0 Å². The van der Waals surface area contributed by atoms with Crippen LogP contribution < -0.4 is 4.74 Å². The summed E-state index contributed by atoms with van der Waals surface area (Å²) in [6.07, 6.45) is 0. The van der Waals surface area contributed by atoms with Crippen molar-refractivity contribution >= 4 is 5.97 Å². The van der Waals surface area contributed by atoms with E-state index in [4.69, 9.17) is 4.74 Å². The molecule has 24 heavy (non-hydrogen) atoms. The zero-order valence-electron chi connectivity index (χ0n) is 13.5. The highest BCUT2D eigenvalue weighted by atomic mass is 16.5. The Labute approximate surface area is 142 Å². The molecule has 0 aromatic heterocycles. The van der Waals surface area contributed by atoms with Crippen molar-refractivity contribution in [2.24, 2.45) is 0 Å². The van der Waals surface area contributed by atoms with Crippen molar-refractivity contribution in [3.05, 3.63) is 91.0 Å². The van der Waals surface area contributed by atoms with Crippen molar-refractivity contribution in [2.45, 2.75) is 6.92 Å². The second-order valence-electron chi connectivity index (χ2n) is 5.61. The van der Waals surface area contributed by atoms with Gasteiger partial charge in [-0.05, 0) is 41.3 Å². The Bertz CT molecular complexity index is 879. The van der Waals surface area contributed by atoms with E-state index in [0.29, 0.717) is 11.3 Å². The molecule has 0 unspecified atom stereocenters. The SMILES string of the molecule is C=C(C)C(=O)Oc1cccc(-c2ccccc2-c2ccccc2)c1. The predicted octanol–water partition coefficient (Wildman–Crippen LogP) is 5.50. The lowest BCUT2D eigenvalue weighted by atomic mass is 9.94. The summed E-state index contributed by atoms with van der Waals surface area (Å²) in [4.78, 5) is 11.7. The fraction of sp³-hybridized carbons (Fsp3) is 0.0455. The summed E-state index contributed by atoms with van der Waals surface area (Å²) in [5.41, 5.74) is 4.77. The van der Waals surface area contributed by atoms with Crippen molar-refractivity contribution in [2.75, 3.05) is 0 Å². The monoisotopic (exact) mass is 314 g/mol. The van der Waals surface area contributed by atoms with Crippen molar-refractivity contribution in [3.8, 4) is 28.0 Å². The molecule has 0 aliphatic rings. The van der Waals surface area contributed by atoms with E-state index >= 15 is 0 Å². The summed E-state index contributed by atoms with van der Waals surface area (Å²) in [5, 5.41) is 0. The lowest BCUT2D eigenvalue weighted by Gasteiger charge is -2.11. The number of ether oxygens (including phenoxy) is 1. The number of benzene rings is 3. The molecule has 0 aliphatic heterocycles. The normalized spacial score (nSPS) is 10.2. The molecule has 0 bridgehead atoms. The summed E-state index contributed by atoms with van der Waals surface area (Å²) in [6.45, 7) is 5.25. The average molecular weight is 314 g/mol. The molecule has 0 saturated carbocycles. The van der Waals surface area contributed by atoms with E-state index in [1.54, 1.807) is 13.0 Å². The fourth-order valence-corrected chi connectivity index (χ4v) is 2.53. The summed E-state index contributed by atoms with van der Waals surface area (Å²) in [5.74, 6) is 0.104. The van der Waals surface area contributed by atoms with Crippen molar-refractivity contribution < 1.29 is 9.53 Å². The molecule has 0 aliphatic carbocycles. The zero-order chi connectivity index (χ0) is 16.9. The van der Waals surface area contributed by atoms with Crippen molar-refractivity contribution in [1.82, 2.24) is 0 Å². The number of rotatable bonds is 4. The molecule has 3 aromatic carbocycles. The number of carbonyl (C=O) groups is 1. The zero-order valence-corrected chi connectivity index (χ0v) is 13.5. The standard InChI is InChI=1S/C22H18O2/c1-16(2)22(23)24-19-12-8-11-18(15-19)21-14-7-6-13-20(21)17-9-4-3-5-10-17/h3-15H,1H2,2H3. The second-order valence-corrected chi connectivity index (χ2v) is 5.61. The van der Waals surface area contributed by atoms with Crippen molar-refractivity contribution in [1.29, 1.82) is 0 Å². The van der Waals surface area contributed by atoms with Gasteiger partial charge in [0.05, 0.1) is 0 Å². The van der Waals surface area contributed by atoms with E-state index in [0.717, 1.165) is 22.3 Å². The van der Waals surface area contributed by atoms with E-state index in [2.05, 4.69) is 30.8 Å². The van der Waals surface area contributed by atoms with E-state index in [1.165, 1.54) is 0 Å².